The van der Waals surface area contributed by atoms with Crippen LogP contribution in [0.1, 0.15) is 63.0 Å². The van der Waals surface area contributed by atoms with Gasteiger partial charge >= 0.3 is 12.2 Å². The Bertz CT molecular complexity index is 1850. The van der Waals surface area contributed by atoms with E-state index in [2.05, 4.69) is 22.4 Å². The van der Waals surface area contributed by atoms with E-state index in [1.807, 2.05) is 43.3 Å². The molecule has 1 atom stereocenters. The molecule has 10 nitrogen and oxygen atoms in total. The normalized spacial score (nSPS) is 15.3. The summed E-state index contributed by atoms with van der Waals surface area (Å²) in [5.41, 5.74) is 2.97. The highest BCUT2D eigenvalue weighted by Crippen LogP contribution is 2.44. The summed E-state index contributed by atoms with van der Waals surface area (Å²) in [5.74, 6) is -0.714. The number of piperazine rings is 1. The summed E-state index contributed by atoms with van der Waals surface area (Å²) < 4.78 is 27.7. The topological polar surface area (TPSA) is 106 Å². The fourth-order valence-electron chi connectivity index (χ4n) is 6.26. The highest BCUT2D eigenvalue weighted by atomic mass is 35.5. The second kappa shape index (κ2) is 12.9. The van der Waals surface area contributed by atoms with Gasteiger partial charge in [-0.2, -0.15) is 0 Å². The van der Waals surface area contributed by atoms with Gasteiger partial charge in [0.05, 0.1) is 29.5 Å². The zero-order valence-corrected chi connectivity index (χ0v) is 27.5. The molecular weight excluding hydrogens is 625 g/mol. The highest BCUT2D eigenvalue weighted by Gasteiger charge is 2.32. The van der Waals surface area contributed by atoms with E-state index in [1.165, 1.54) is 10.7 Å². The summed E-state index contributed by atoms with van der Waals surface area (Å²) in [6.07, 6.45) is -0.821. The monoisotopic (exact) mass is 661 g/mol. The third-order valence-electron chi connectivity index (χ3n) is 8.47. The third-order valence-corrected chi connectivity index (χ3v) is 8.79. The Labute approximate surface area is 277 Å². The van der Waals surface area contributed by atoms with Gasteiger partial charge in [-0.15, -0.1) is 0 Å². The van der Waals surface area contributed by atoms with Crippen molar-refractivity contribution in [1.29, 1.82) is 0 Å². The number of rotatable bonds is 6. The van der Waals surface area contributed by atoms with Crippen LogP contribution in [0.4, 0.5) is 14.0 Å². The van der Waals surface area contributed by atoms with Crippen molar-refractivity contribution >= 4 is 34.7 Å². The molecule has 1 N–H and O–H groups in total. The lowest BCUT2D eigenvalue weighted by atomic mass is 9.98. The lowest BCUT2D eigenvalue weighted by Gasteiger charge is -2.38. The molecule has 1 aliphatic carbocycles. The van der Waals surface area contributed by atoms with Gasteiger partial charge in [-0.05, 0) is 61.6 Å². The molecule has 1 aromatic heterocycles. The van der Waals surface area contributed by atoms with Gasteiger partial charge in [0.25, 0.3) is 5.56 Å². The number of amides is 2. The first-order valence-electron chi connectivity index (χ1n) is 15.7. The van der Waals surface area contributed by atoms with E-state index in [9.17, 15) is 14.4 Å². The van der Waals surface area contributed by atoms with Gasteiger partial charge in [-0.25, -0.2) is 23.6 Å². The Morgan fingerprint density at radius 2 is 1.62 bits per heavy atom. The highest BCUT2D eigenvalue weighted by molar-refractivity contribution is 6.35. The Kier molecular flexibility index (Phi) is 8.84. The molecule has 12 heteroatoms. The van der Waals surface area contributed by atoms with Gasteiger partial charge in [0.2, 0.25) is 0 Å². The SMILES string of the molecule is CCC(NC(=O)OCC1c2ccccc2-c2ccccc21)c1nc2c(F)ccc(Cl)c2c(=O)n1N1CCN(C(=O)OC(C)(C)C)CC1. The van der Waals surface area contributed by atoms with Crippen molar-refractivity contribution in [2.24, 2.45) is 0 Å². The molecule has 1 aliphatic heterocycles. The second-order valence-electron chi connectivity index (χ2n) is 12.7. The quantitative estimate of drug-likeness (QED) is 0.256. The van der Waals surface area contributed by atoms with E-state index in [4.69, 9.17) is 21.1 Å². The van der Waals surface area contributed by atoms with Gasteiger partial charge in [-0.3, -0.25) is 4.79 Å². The van der Waals surface area contributed by atoms with Gasteiger partial charge in [0, 0.05) is 19.0 Å². The lowest BCUT2D eigenvalue weighted by Crippen LogP contribution is -2.57. The zero-order valence-electron chi connectivity index (χ0n) is 26.8. The number of benzene rings is 3. The molecule has 2 aliphatic rings. The molecule has 4 aromatic rings. The molecule has 3 aromatic carbocycles. The average Bonchev–Trinajstić information content (AvgIpc) is 3.37. The van der Waals surface area contributed by atoms with Crippen molar-refractivity contribution in [3.8, 4) is 11.1 Å². The van der Waals surface area contributed by atoms with Crippen molar-refractivity contribution in [1.82, 2.24) is 19.9 Å². The zero-order chi connectivity index (χ0) is 33.5. The molecule has 0 bridgehead atoms. The van der Waals surface area contributed by atoms with Crippen LogP contribution >= 0.6 is 11.6 Å². The molecule has 2 amide bonds. The van der Waals surface area contributed by atoms with E-state index in [0.29, 0.717) is 6.42 Å². The number of alkyl carbamates (subject to hydrolysis) is 1. The van der Waals surface area contributed by atoms with Crippen molar-refractivity contribution in [3.63, 3.8) is 0 Å². The number of fused-ring (bicyclic) bond motifs is 4. The van der Waals surface area contributed by atoms with Crippen molar-refractivity contribution in [2.45, 2.75) is 51.7 Å². The molecule has 6 rings (SSSR count). The molecule has 246 valence electrons. The predicted octanol–water partition coefficient (Wildman–Crippen LogP) is 6.37. The summed E-state index contributed by atoms with van der Waals surface area (Å²) >= 11 is 6.40. The molecule has 2 heterocycles. The van der Waals surface area contributed by atoms with E-state index in [0.717, 1.165) is 28.3 Å². The van der Waals surface area contributed by atoms with E-state index < -0.39 is 35.2 Å². The minimum Gasteiger partial charge on any atom is -0.449 e. The molecule has 1 unspecified atom stereocenters. The van der Waals surface area contributed by atoms with Crippen LogP contribution in [0.5, 0.6) is 0 Å². The van der Waals surface area contributed by atoms with Crippen LogP contribution in [0.15, 0.2) is 65.5 Å². The fourth-order valence-corrected chi connectivity index (χ4v) is 6.49. The van der Waals surface area contributed by atoms with Crippen LogP contribution in [-0.2, 0) is 9.47 Å². The van der Waals surface area contributed by atoms with Crippen LogP contribution in [0.25, 0.3) is 22.0 Å². The number of halogens is 2. The number of hydrogen-bond acceptors (Lipinski definition) is 7. The number of carbonyl (C=O) groups is 2. The number of carbonyl (C=O) groups excluding carboxylic acids is 2. The van der Waals surface area contributed by atoms with Crippen LogP contribution in [0.3, 0.4) is 0 Å². The van der Waals surface area contributed by atoms with Gasteiger partial charge in [0.1, 0.15) is 23.5 Å². The van der Waals surface area contributed by atoms with Crippen LogP contribution in [0.2, 0.25) is 5.02 Å². The minimum absolute atomic E-state index is 0.0594. The molecule has 1 fully saturated rings. The van der Waals surface area contributed by atoms with Crippen molar-refractivity contribution in [3.05, 3.63) is 98.8 Å². The Hall–Kier alpha value is -4.64. The smallest absolute Gasteiger partial charge is 0.410 e. The first-order chi connectivity index (χ1) is 22.5. The van der Waals surface area contributed by atoms with Crippen LogP contribution in [0, 0.1) is 5.82 Å². The van der Waals surface area contributed by atoms with Crippen LogP contribution in [-0.4, -0.2) is 65.1 Å². The molecule has 0 radical (unpaired) electrons. The summed E-state index contributed by atoms with van der Waals surface area (Å²) in [4.78, 5) is 46.2. The summed E-state index contributed by atoms with van der Waals surface area (Å²) in [6, 6.07) is 17.8. The van der Waals surface area contributed by atoms with Gasteiger partial charge in [0.15, 0.2) is 5.82 Å². The molecule has 47 heavy (non-hydrogen) atoms. The molecule has 1 saturated heterocycles. The molecular formula is C35H37ClFN5O5. The number of hydrogen-bond donors (Lipinski definition) is 1. The third kappa shape index (κ3) is 6.36. The number of ether oxygens (including phenoxy) is 2. The minimum atomic E-state index is -0.815. The first kappa shape index (κ1) is 32.3. The maximum absolute atomic E-state index is 15.1. The Balaban J connectivity index is 1.27. The summed E-state index contributed by atoms with van der Waals surface area (Å²) in [6.45, 7) is 8.37. The van der Waals surface area contributed by atoms with Crippen molar-refractivity contribution in [2.75, 3.05) is 37.8 Å². The molecule has 0 spiro atoms. The average molecular weight is 662 g/mol. The largest absolute Gasteiger partial charge is 0.449 e. The number of nitrogens with zero attached hydrogens (tertiary/aromatic N) is 4. The summed E-state index contributed by atoms with van der Waals surface area (Å²) in [5, 5.41) is 4.58. The summed E-state index contributed by atoms with van der Waals surface area (Å²) in [7, 11) is 0. The predicted molar refractivity (Wildman–Crippen MR) is 178 cm³/mol. The maximum atomic E-state index is 15.1. The van der Waals surface area contributed by atoms with Crippen LogP contribution < -0.4 is 15.9 Å². The van der Waals surface area contributed by atoms with Gasteiger partial charge in [-0.1, -0.05) is 67.1 Å². The first-order valence-corrected chi connectivity index (χ1v) is 16.1. The Morgan fingerprint density at radius 1 is 1.00 bits per heavy atom. The van der Waals surface area contributed by atoms with Gasteiger partial charge < -0.3 is 24.7 Å². The number of aromatic nitrogens is 2. The van der Waals surface area contributed by atoms with E-state index in [-0.39, 0.29) is 60.5 Å². The Morgan fingerprint density at radius 3 is 2.21 bits per heavy atom. The fraction of sp³-hybridized carbons (Fsp3) is 0.371. The van der Waals surface area contributed by atoms with E-state index >= 15 is 4.39 Å². The maximum Gasteiger partial charge on any atom is 0.410 e. The molecule has 0 saturated carbocycles. The van der Waals surface area contributed by atoms with E-state index in [1.54, 1.807) is 30.7 Å². The number of nitrogens with one attached hydrogen (secondary N) is 1. The second-order valence-corrected chi connectivity index (χ2v) is 13.1. The lowest BCUT2D eigenvalue weighted by molar-refractivity contribution is 0.0231. The standard InChI is InChI=1S/C35H37ClFN5O5/c1-5-28(38-33(44)46-20-25-23-12-8-6-10-21(23)22-11-7-9-13-24(22)25)31-39-30-27(37)15-14-26(36)29(30)32(43)42(31)41-18-16-40(17-19-41)34(45)47-35(2,3)4/h6-15,25,28H,5,16-20H2,1-4H3,(H,38,44). The van der Waals surface area contributed by atoms with Crippen molar-refractivity contribution < 1.29 is 23.5 Å².